The fraction of sp³-hybridized carbons (Fsp3) is 0.533. The molecule has 0 heterocycles. The van der Waals surface area contributed by atoms with E-state index in [1.807, 2.05) is 39.0 Å². The van der Waals surface area contributed by atoms with Gasteiger partial charge in [-0.25, -0.2) is 0 Å². The number of rotatable bonds is 4. The Morgan fingerprint density at radius 2 is 2.00 bits per heavy atom. The number of hydrogen-bond donors (Lipinski definition) is 1. The Morgan fingerprint density at radius 3 is 2.47 bits per heavy atom. The van der Waals surface area contributed by atoms with Crippen LogP contribution in [0.1, 0.15) is 46.1 Å². The fourth-order valence-corrected chi connectivity index (χ4v) is 2.10. The van der Waals surface area contributed by atoms with E-state index >= 15 is 0 Å². The molecule has 1 aromatic carbocycles. The second-order valence-corrected chi connectivity index (χ2v) is 6.79. The first kappa shape index (κ1) is 16.0. The van der Waals surface area contributed by atoms with Gasteiger partial charge in [0.1, 0.15) is 5.75 Å². The lowest BCUT2D eigenvalue weighted by Gasteiger charge is -2.20. The Bertz CT molecular complexity index is 450. The molecule has 0 saturated carbocycles. The lowest BCUT2D eigenvalue weighted by atomic mass is 10.0. The molecule has 0 fully saturated rings. The number of nitrogens with one attached hydrogen (secondary N) is 1. The maximum Gasteiger partial charge on any atom is 0.258 e. The molecule has 0 saturated heterocycles. The summed E-state index contributed by atoms with van der Waals surface area (Å²) in [6, 6.07) is 5.94. The van der Waals surface area contributed by atoms with Gasteiger partial charge in [0.05, 0.1) is 4.47 Å². The van der Waals surface area contributed by atoms with Gasteiger partial charge in [-0.3, -0.25) is 4.79 Å². The lowest BCUT2D eigenvalue weighted by Crippen LogP contribution is -2.43. The zero-order chi connectivity index (χ0) is 14.6. The molecule has 106 valence electrons. The Kier molecular flexibility index (Phi) is 5.41. The maximum atomic E-state index is 11.7. The summed E-state index contributed by atoms with van der Waals surface area (Å²) in [5.41, 5.74) is 0.998. The SMILES string of the molecule is CC(C)c1ccc(OCC(=O)NC(C)(C)C)c(Br)c1. The van der Waals surface area contributed by atoms with Crippen molar-refractivity contribution in [2.24, 2.45) is 0 Å². The predicted molar refractivity (Wildman–Crippen MR) is 81.6 cm³/mol. The first-order chi connectivity index (χ1) is 8.69. The van der Waals surface area contributed by atoms with Crippen molar-refractivity contribution >= 4 is 21.8 Å². The normalized spacial score (nSPS) is 11.5. The summed E-state index contributed by atoms with van der Waals surface area (Å²) >= 11 is 3.47. The van der Waals surface area contributed by atoms with Gasteiger partial charge in [-0.1, -0.05) is 19.9 Å². The second-order valence-electron chi connectivity index (χ2n) is 5.93. The Hall–Kier alpha value is -1.03. The van der Waals surface area contributed by atoms with Crippen LogP contribution >= 0.6 is 15.9 Å². The van der Waals surface area contributed by atoms with Gasteiger partial charge in [0.15, 0.2) is 6.61 Å². The van der Waals surface area contributed by atoms with Crippen LogP contribution in [0.5, 0.6) is 5.75 Å². The predicted octanol–water partition coefficient (Wildman–Crippen LogP) is 3.87. The summed E-state index contributed by atoms with van der Waals surface area (Å²) in [7, 11) is 0. The molecule has 19 heavy (non-hydrogen) atoms. The van der Waals surface area contributed by atoms with Crippen molar-refractivity contribution in [3.8, 4) is 5.75 Å². The van der Waals surface area contributed by atoms with Crippen LogP contribution in [-0.2, 0) is 4.79 Å². The summed E-state index contributed by atoms with van der Waals surface area (Å²) in [5, 5.41) is 2.86. The zero-order valence-corrected chi connectivity index (χ0v) is 13.8. The highest BCUT2D eigenvalue weighted by Crippen LogP contribution is 2.28. The van der Waals surface area contributed by atoms with Crippen molar-refractivity contribution < 1.29 is 9.53 Å². The number of amides is 1. The number of ether oxygens (including phenoxy) is 1. The van der Waals surface area contributed by atoms with Crippen LogP contribution in [0.15, 0.2) is 22.7 Å². The van der Waals surface area contributed by atoms with Crippen LogP contribution in [0, 0.1) is 0 Å². The van der Waals surface area contributed by atoms with Gasteiger partial charge in [0.2, 0.25) is 0 Å². The Labute approximate surface area is 123 Å². The number of carbonyl (C=O) groups is 1. The molecule has 4 heteroatoms. The van der Waals surface area contributed by atoms with E-state index in [2.05, 4.69) is 35.1 Å². The highest BCUT2D eigenvalue weighted by molar-refractivity contribution is 9.10. The van der Waals surface area contributed by atoms with Crippen LogP contribution in [0.3, 0.4) is 0 Å². The fourth-order valence-electron chi connectivity index (χ4n) is 1.59. The number of benzene rings is 1. The summed E-state index contributed by atoms with van der Waals surface area (Å²) < 4.78 is 6.40. The van der Waals surface area contributed by atoms with Crippen LogP contribution in [0.4, 0.5) is 0 Å². The molecular formula is C15H22BrNO2. The van der Waals surface area contributed by atoms with Gasteiger partial charge >= 0.3 is 0 Å². The molecule has 0 radical (unpaired) electrons. The average molecular weight is 328 g/mol. The number of halogens is 1. The third-order valence-electron chi connectivity index (χ3n) is 2.50. The highest BCUT2D eigenvalue weighted by Gasteiger charge is 2.14. The first-order valence-corrected chi connectivity index (χ1v) is 7.21. The van der Waals surface area contributed by atoms with Crippen molar-refractivity contribution in [3.05, 3.63) is 28.2 Å². The minimum absolute atomic E-state index is 0.0247. The van der Waals surface area contributed by atoms with Gasteiger partial charge in [0.25, 0.3) is 5.91 Å². The molecule has 0 spiro atoms. The highest BCUT2D eigenvalue weighted by atomic mass is 79.9. The molecule has 1 rings (SSSR count). The van der Waals surface area contributed by atoms with Crippen molar-refractivity contribution in [2.45, 2.75) is 46.1 Å². The molecule has 0 bridgehead atoms. The second kappa shape index (κ2) is 6.42. The molecule has 0 unspecified atom stereocenters. The summed E-state index contributed by atoms with van der Waals surface area (Å²) in [6.07, 6.45) is 0. The molecule has 3 nitrogen and oxygen atoms in total. The summed E-state index contributed by atoms with van der Waals surface area (Å²) in [6.45, 7) is 10.1. The number of carbonyl (C=O) groups excluding carboxylic acids is 1. The van der Waals surface area contributed by atoms with Crippen molar-refractivity contribution in [2.75, 3.05) is 6.61 Å². The van der Waals surface area contributed by atoms with Gasteiger partial charge in [0, 0.05) is 5.54 Å². The quantitative estimate of drug-likeness (QED) is 0.911. The van der Waals surface area contributed by atoms with E-state index in [0.717, 1.165) is 4.47 Å². The molecule has 0 atom stereocenters. The van der Waals surface area contributed by atoms with E-state index in [-0.39, 0.29) is 18.1 Å². The monoisotopic (exact) mass is 327 g/mol. The van der Waals surface area contributed by atoms with Crippen LogP contribution < -0.4 is 10.1 Å². The standard InChI is InChI=1S/C15H22BrNO2/c1-10(2)11-6-7-13(12(16)8-11)19-9-14(18)17-15(3,4)5/h6-8,10H,9H2,1-5H3,(H,17,18). The summed E-state index contributed by atoms with van der Waals surface area (Å²) in [5.74, 6) is 1.04. The minimum atomic E-state index is -0.237. The Balaban J connectivity index is 2.61. The van der Waals surface area contributed by atoms with E-state index in [1.165, 1.54) is 5.56 Å². The van der Waals surface area contributed by atoms with E-state index < -0.39 is 0 Å². The third-order valence-corrected chi connectivity index (χ3v) is 3.12. The van der Waals surface area contributed by atoms with E-state index in [1.54, 1.807) is 0 Å². The van der Waals surface area contributed by atoms with Crippen molar-refractivity contribution in [3.63, 3.8) is 0 Å². The summed E-state index contributed by atoms with van der Waals surface area (Å²) in [4.78, 5) is 11.7. The lowest BCUT2D eigenvalue weighted by molar-refractivity contribution is -0.124. The van der Waals surface area contributed by atoms with Crippen LogP contribution in [-0.4, -0.2) is 18.1 Å². The third kappa shape index (κ3) is 5.64. The minimum Gasteiger partial charge on any atom is -0.483 e. The van der Waals surface area contributed by atoms with Crippen LogP contribution in [0.2, 0.25) is 0 Å². The zero-order valence-electron chi connectivity index (χ0n) is 12.2. The average Bonchev–Trinajstić information content (AvgIpc) is 2.24. The van der Waals surface area contributed by atoms with E-state index in [4.69, 9.17) is 4.74 Å². The molecule has 0 aliphatic carbocycles. The molecule has 1 aromatic rings. The van der Waals surface area contributed by atoms with Crippen molar-refractivity contribution in [1.29, 1.82) is 0 Å². The van der Waals surface area contributed by atoms with Gasteiger partial charge < -0.3 is 10.1 Å². The van der Waals surface area contributed by atoms with Gasteiger partial charge in [-0.15, -0.1) is 0 Å². The topological polar surface area (TPSA) is 38.3 Å². The molecule has 0 aliphatic rings. The van der Waals surface area contributed by atoms with Gasteiger partial charge in [-0.05, 0) is 60.3 Å². The maximum absolute atomic E-state index is 11.7. The smallest absolute Gasteiger partial charge is 0.258 e. The molecule has 1 N–H and O–H groups in total. The first-order valence-electron chi connectivity index (χ1n) is 6.42. The Morgan fingerprint density at radius 1 is 1.37 bits per heavy atom. The van der Waals surface area contributed by atoms with Crippen LogP contribution in [0.25, 0.3) is 0 Å². The molecule has 1 amide bonds. The molecule has 0 aromatic heterocycles. The largest absolute Gasteiger partial charge is 0.483 e. The van der Waals surface area contributed by atoms with Crippen molar-refractivity contribution in [1.82, 2.24) is 5.32 Å². The van der Waals surface area contributed by atoms with E-state index in [9.17, 15) is 4.79 Å². The van der Waals surface area contributed by atoms with E-state index in [0.29, 0.717) is 11.7 Å². The number of hydrogen-bond acceptors (Lipinski definition) is 2. The molecular weight excluding hydrogens is 306 g/mol. The van der Waals surface area contributed by atoms with Gasteiger partial charge in [-0.2, -0.15) is 0 Å². The molecule has 0 aliphatic heterocycles.